The topological polar surface area (TPSA) is 93.9 Å². The molecule has 1 aromatic heterocycles. The number of benzene rings is 1. The Morgan fingerprint density at radius 2 is 1.79 bits per heavy atom. The molecule has 34 heavy (non-hydrogen) atoms. The van der Waals surface area contributed by atoms with Gasteiger partial charge in [-0.1, -0.05) is 18.6 Å². The Balaban J connectivity index is 1.72. The van der Waals surface area contributed by atoms with Crippen molar-refractivity contribution in [2.24, 2.45) is 5.73 Å². The van der Waals surface area contributed by atoms with Crippen LogP contribution < -0.4 is 10.6 Å². The summed E-state index contributed by atoms with van der Waals surface area (Å²) in [4.78, 5) is 17.6. The number of nitrogens with two attached hydrogens (primary N) is 1. The summed E-state index contributed by atoms with van der Waals surface area (Å²) < 4.78 is 0. The maximum Gasteiger partial charge on any atom is 0.161 e. The van der Waals surface area contributed by atoms with E-state index in [1.54, 1.807) is 23.1 Å². The largest absolute Gasteiger partial charge is 0.384 e. The number of carbonyl (C=O) groups is 1. The number of carbonyl (C=O) groups excluding carboxylic acids is 1. The normalized spacial score (nSPS) is 20.4. The Hall–Kier alpha value is -3.00. The molecule has 0 amide bonds. The van der Waals surface area contributed by atoms with Crippen molar-refractivity contribution in [2.45, 2.75) is 62.2 Å². The van der Waals surface area contributed by atoms with Crippen LogP contribution in [0.25, 0.3) is 0 Å². The average molecular weight is 487 g/mol. The molecule has 1 aliphatic heterocycles. The average Bonchev–Trinajstić information content (AvgIpc) is 3.03. The molecular weight excluding hydrogens is 460 g/mol. The number of allylic oxidation sites excluding steroid dienone is 3. The molecule has 0 unspecified atom stereocenters. The maximum absolute atomic E-state index is 13.4. The third kappa shape index (κ3) is 3.64. The highest BCUT2D eigenvalue weighted by molar-refractivity contribution is 7.98. The highest BCUT2D eigenvalue weighted by Gasteiger charge is 2.41. The third-order valence-corrected chi connectivity index (χ3v) is 9.10. The lowest BCUT2D eigenvalue weighted by molar-refractivity contribution is -0.116. The number of aryl methyl sites for hydroxylation is 1. The Bertz CT molecular complexity index is 1300. The Labute approximate surface area is 208 Å². The summed E-state index contributed by atoms with van der Waals surface area (Å²) in [6.07, 6.45) is 9.16. The quantitative estimate of drug-likeness (QED) is 0.428. The zero-order valence-corrected chi connectivity index (χ0v) is 20.8. The van der Waals surface area contributed by atoms with Gasteiger partial charge in [0.2, 0.25) is 0 Å². The molecule has 5 nitrogen and oxygen atoms in total. The highest BCUT2D eigenvalue weighted by atomic mass is 32.2. The molecule has 0 saturated carbocycles. The molecule has 7 heteroatoms. The van der Waals surface area contributed by atoms with Crippen LogP contribution in [-0.2, 0) is 17.6 Å². The van der Waals surface area contributed by atoms with Crippen LogP contribution in [0.5, 0.6) is 0 Å². The van der Waals surface area contributed by atoms with E-state index in [0.717, 1.165) is 58.8 Å². The second-order valence-electron chi connectivity index (χ2n) is 8.95. The van der Waals surface area contributed by atoms with Gasteiger partial charge >= 0.3 is 0 Å². The van der Waals surface area contributed by atoms with E-state index in [1.807, 2.05) is 35.4 Å². The van der Waals surface area contributed by atoms with Gasteiger partial charge in [0.05, 0.1) is 23.1 Å². The minimum Gasteiger partial charge on any atom is -0.384 e. The zero-order valence-electron chi connectivity index (χ0n) is 19.2. The predicted octanol–water partition coefficient (Wildman–Crippen LogP) is 5.92. The molecule has 1 atom stereocenters. The molecule has 2 aliphatic carbocycles. The van der Waals surface area contributed by atoms with Gasteiger partial charge in [0.1, 0.15) is 16.9 Å². The molecule has 2 aromatic rings. The lowest BCUT2D eigenvalue weighted by Gasteiger charge is -2.39. The van der Waals surface area contributed by atoms with Gasteiger partial charge in [-0.15, -0.1) is 23.1 Å². The number of nitrogens with zero attached hydrogens (tertiary/aromatic N) is 3. The van der Waals surface area contributed by atoms with E-state index in [1.165, 1.54) is 11.3 Å². The number of fused-ring (bicyclic) bond motifs is 1. The SMILES string of the molecule is CSc1ccc([C@@H]2C(C#N)=C(N)N(c3sc4c(c3C#N)CCCCC4)C3=C2C(=O)CCC3)cc1. The minimum atomic E-state index is -0.469. The van der Waals surface area contributed by atoms with Crippen molar-refractivity contribution in [2.75, 3.05) is 11.2 Å². The number of thiophene rings is 1. The van der Waals surface area contributed by atoms with Crippen molar-refractivity contribution in [3.8, 4) is 12.1 Å². The molecule has 5 rings (SSSR count). The fourth-order valence-corrected chi connectivity index (χ4v) is 7.24. The first-order valence-corrected chi connectivity index (χ1v) is 13.8. The Morgan fingerprint density at radius 1 is 1.03 bits per heavy atom. The van der Waals surface area contributed by atoms with Gasteiger partial charge < -0.3 is 5.73 Å². The first-order chi connectivity index (χ1) is 16.6. The Kier molecular flexibility index (Phi) is 6.25. The van der Waals surface area contributed by atoms with Gasteiger partial charge in [0.25, 0.3) is 0 Å². The van der Waals surface area contributed by atoms with Crippen molar-refractivity contribution in [1.82, 2.24) is 0 Å². The third-order valence-electron chi connectivity index (χ3n) is 7.08. The van der Waals surface area contributed by atoms with E-state index in [9.17, 15) is 15.3 Å². The fraction of sp³-hybridized carbons (Fsp3) is 0.370. The van der Waals surface area contributed by atoms with E-state index >= 15 is 0 Å². The molecule has 0 fully saturated rings. The molecule has 0 saturated heterocycles. The summed E-state index contributed by atoms with van der Waals surface area (Å²) in [6.45, 7) is 0. The number of ketones is 1. The second-order valence-corrected chi connectivity index (χ2v) is 10.9. The summed E-state index contributed by atoms with van der Waals surface area (Å²) >= 11 is 3.27. The molecular formula is C27H26N4OS2. The first-order valence-electron chi connectivity index (χ1n) is 11.7. The molecule has 0 spiro atoms. The monoisotopic (exact) mass is 486 g/mol. The second kappa shape index (κ2) is 9.33. The van der Waals surface area contributed by atoms with Crippen molar-refractivity contribution in [3.05, 3.63) is 68.5 Å². The van der Waals surface area contributed by atoms with Crippen LogP contribution in [0.2, 0.25) is 0 Å². The summed E-state index contributed by atoms with van der Waals surface area (Å²) in [7, 11) is 0. The number of thioether (sulfide) groups is 1. The molecule has 0 bridgehead atoms. The maximum atomic E-state index is 13.4. The molecule has 0 radical (unpaired) electrons. The van der Waals surface area contributed by atoms with Crippen LogP contribution in [0.4, 0.5) is 5.00 Å². The van der Waals surface area contributed by atoms with Crippen molar-refractivity contribution in [3.63, 3.8) is 0 Å². The number of hydrogen-bond donors (Lipinski definition) is 1. The molecule has 1 aromatic carbocycles. The van der Waals surface area contributed by atoms with Crippen molar-refractivity contribution in [1.29, 1.82) is 10.5 Å². The molecule has 2 N–H and O–H groups in total. The van der Waals surface area contributed by atoms with E-state index < -0.39 is 5.92 Å². The number of Topliss-reactive ketones (excluding diaryl/α,β-unsaturated/α-hetero) is 1. The van der Waals surface area contributed by atoms with E-state index in [-0.39, 0.29) is 5.78 Å². The van der Waals surface area contributed by atoms with E-state index in [2.05, 4.69) is 12.1 Å². The lowest BCUT2D eigenvalue weighted by Crippen LogP contribution is -2.38. The summed E-state index contributed by atoms with van der Waals surface area (Å²) in [5, 5.41) is 21.2. The Morgan fingerprint density at radius 3 is 2.50 bits per heavy atom. The van der Waals surface area contributed by atoms with Gasteiger partial charge in [0, 0.05) is 27.5 Å². The van der Waals surface area contributed by atoms with Crippen LogP contribution in [-0.4, -0.2) is 12.0 Å². The number of hydrogen-bond acceptors (Lipinski definition) is 7. The van der Waals surface area contributed by atoms with Gasteiger partial charge in [-0.05, 0) is 68.0 Å². The van der Waals surface area contributed by atoms with Crippen LogP contribution in [0.3, 0.4) is 0 Å². The fourth-order valence-electron chi connectivity index (χ4n) is 5.45. The van der Waals surface area contributed by atoms with Gasteiger partial charge in [-0.3, -0.25) is 9.69 Å². The van der Waals surface area contributed by atoms with Gasteiger partial charge in [-0.2, -0.15) is 10.5 Å². The van der Waals surface area contributed by atoms with Crippen molar-refractivity contribution >= 4 is 33.9 Å². The van der Waals surface area contributed by atoms with E-state index in [0.29, 0.717) is 35.4 Å². The predicted molar refractivity (Wildman–Crippen MR) is 136 cm³/mol. The standard InChI is InChI=1S/C27H26N4OS2/c1-33-17-12-10-16(11-13-17)24-20(15-29)26(30)31(21-7-5-8-22(32)25(21)24)27-19(14-28)18-6-3-2-4-9-23(18)34-27/h10-13,24H,2-9,30H2,1H3/t24-/m1/s1. The summed E-state index contributed by atoms with van der Waals surface area (Å²) in [5.74, 6) is -0.0480. The number of nitriles is 2. The number of anilines is 1. The van der Waals surface area contributed by atoms with Crippen LogP contribution in [0, 0.1) is 22.7 Å². The van der Waals surface area contributed by atoms with Crippen molar-refractivity contribution < 1.29 is 4.79 Å². The number of rotatable bonds is 3. The lowest BCUT2D eigenvalue weighted by atomic mass is 9.75. The minimum absolute atomic E-state index is 0.0714. The smallest absolute Gasteiger partial charge is 0.161 e. The zero-order chi connectivity index (χ0) is 23.8. The molecule has 2 heterocycles. The van der Waals surface area contributed by atoms with Crippen LogP contribution in [0.15, 0.2) is 51.8 Å². The summed E-state index contributed by atoms with van der Waals surface area (Å²) in [5.41, 5.74) is 11.4. The highest BCUT2D eigenvalue weighted by Crippen LogP contribution is 2.50. The van der Waals surface area contributed by atoms with Gasteiger partial charge in [0.15, 0.2) is 5.78 Å². The van der Waals surface area contributed by atoms with Gasteiger partial charge in [-0.25, -0.2) is 0 Å². The first kappa shape index (κ1) is 22.8. The molecule has 3 aliphatic rings. The van der Waals surface area contributed by atoms with Crippen LogP contribution in [0.1, 0.15) is 66.0 Å². The van der Waals surface area contributed by atoms with E-state index in [4.69, 9.17) is 5.73 Å². The molecule has 172 valence electrons. The summed E-state index contributed by atoms with van der Waals surface area (Å²) in [6, 6.07) is 12.8. The van der Waals surface area contributed by atoms with Crippen LogP contribution >= 0.6 is 23.1 Å².